The van der Waals surface area contributed by atoms with Crippen molar-refractivity contribution in [2.45, 2.75) is 13.3 Å². The fraction of sp³-hybridized carbons (Fsp3) is 0.300. The minimum Gasteiger partial charge on any atom is -0.323 e. The summed E-state index contributed by atoms with van der Waals surface area (Å²) >= 11 is 5.33. The first-order valence-corrected chi connectivity index (χ1v) is 4.89. The summed E-state index contributed by atoms with van der Waals surface area (Å²) in [6.07, 6.45) is 0.0660. The molecule has 0 saturated carbocycles. The topological polar surface area (TPSA) is 29.1 Å². The molecule has 0 aliphatic carbocycles. The fourth-order valence-electron chi connectivity index (χ4n) is 1.04. The van der Waals surface area contributed by atoms with Crippen LogP contribution in [0.15, 0.2) is 12.1 Å². The van der Waals surface area contributed by atoms with Crippen molar-refractivity contribution >= 4 is 23.2 Å². The first-order valence-electron chi connectivity index (χ1n) is 4.36. The highest BCUT2D eigenvalue weighted by Gasteiger charge is 2.09. The molecule has 1 aromatic carbocycles. The van der Waals surface area contributed by atoms with Crippen molar-refractivity contribution in [3.63, 3.8) is 0 Å². The van der Waals surface area contributed by atoms with Crippen LogP contribution in [0.5, 0.6) is 0 Å². The monoisotopic (exact) mass is 233 g/mol. The molecule has 0 aliphatic heterocycles. The highest BCUT2D eigenvalue weighted by Crippen LogP contribution is 2.18. The van der Waals surface area contributed by atoms with Gasteiger partial charge in [-0.2, -0.15) is 0 Å². The number of rotatable bonds is 3. The minimum absolute atomic E-state index is 0.0660. The quantitative estimate of drug-likeness (QED) is 0.800. The van der Waals surface area contributed by atoms with Crippen LogP contribution in [0.25, 0.3) is 0 Å². The van der Waals surface area contributed by atoms with E-state index < -0.39 is 17.5 Å². The first kappa shape index (κ1) is 11.9. The Morgan fingerprint density at radius 2 is 2.07 bits per heavy atom. The zero-order valence-corrected chi connectivity index (χ0v) is 8.87. The van der Waals surface area contributed by atoms with Crippen molar-refractivity contribution in [3.05, 3.63) is 29.3 Å². The van der Waals surface area contributed by atoms with Crippen molar-refractivity contribution in [2.24, 2.45) is 0 Å². The number of amides is 1. The minimum atomic E-state index is -0.656. The molecule has 5 heteroatoms. The average molecular weight is 234 g/mol. The second-order valence-electron chi connectivity index (χ2n) is 3.07. The largest absolute Gasteiger partial charge is 0.323 e. The summed E-state index contributed by atoms with van der Waals surface area (Å²) in [7, 11) is 0. The Labute approximate surface area is 91.2 Å². The zero-order chi connectivity index (χ0) is 11.4. The molecule has 1 N–H and O–H groups in total. The number of benzene rings is 1. The summed E-state index contributed by atoms with van der Waals surface area (Å²) in [5.74, 6) is -1.51. The molecule has 0 saturated heterocycles. The summed E-state index contributed by atoms with van der Waals surface area (Å²) in [5, 5.41) is 2.24. The van der Waals surface area contributed by atoms with Gasteiger partial charge in [0.2, 0.25) is 5.91 Å². The Morgan fingerprint density at radius 1 is 1.40 bits per heavy atom. The second-order valence-corrected chi connectivity index (χ2v) is 3.45. The Bertz CT molecular complexity index is 382. The van der Waals surface area contributed by atoms with Crippen molar-refractivity contribution < 1.29 is 13.6 Å². The van der Waals surface area contributed by atoms with Crippen LogP contribution >= 0.6 is 11.6 Å². The van der Waals surface area contributed by atoms with E-state index in [1.54, 1.807) is 0 Å². The van der Waals surface area contributed by atoms with Gasteiger partial charge in [-0.15, -0.1) is 11.6 Å². The molecule has 0 radical (unpaired) electrons. The van der Waals surface area contributed by atoms with Crippen LogP contribution < -0.4 is 5.32 Å². The van der Waals surface area contributed by atoms with E-state index in [9.17, 15) is 13.6 Å². The second kappa shape index (κ2) is 5.07. The average Bonchev–Trinajstić information content (AvgIpc) is 2.14. The molecule has 1 rings (SSSR count). The Morgan fingerprint density at radius 3 is 2.67 bits per heavy atom. The van der Waals surface area contributed by atoms with Gasteiger partial charge in [0.05, 0.1) is 5.69 Å². The SMILES string of the molecule is Cc1cc(F)c(NC(=O)CCCl)cc1F. The van der Waals surface area contributed by atoms with E-state index in [-0.39, 0.29) is 23.6 Å². The van der Waals surface area contributed by atoms with Crippen LogP contribution in [0, 0.1) is 18.6 Å². The lowest BCUT2D eigenvalue weighted by Crippen LogP contribution is -2.13. The number of nitrogens with one attached hydrogen (secondary N) is 1. The van der Waals surface area contributed by atoms with Crippen molar-refractivity contribution in [1.29, 1.82) is 0 Å². The third-order valence-corrected chi connectivity index (χ3v) is 2.03. The van der Waals surface area contributed by atoms with Gasteiger partial charge in [0.25, 0.3) is 0 Å². The molecule has 0 aromatic heterocycles. The molecular formula is C10H10ClF2NO. The molecule has 0 aliphatic rings. The summed E-state index contributed by atoms with van der Waals surface area (Å²) in [4.78, 5) is 11.1. The summed E-state index contributed by atoms with van der Waals surface area (Å²) in [6, 6.07) is 1.99. The Kier molecular flexibility index (Phi) is 4.03. The molecule has 0 bridgehead atoms. The number of carbonyl (C=O) groups excluding carboxylic acids is 1. The standard InChI is InChI=1S/C10H10ClF2NO/c1-6-4-8(13)9(5-7(6)12)14-10(15)2-3-11/h4-5H,2-3H2,1H3,(H,14,15). The molecule has 1 amide bonds. The van der Waals surface area contributed by atoms with E-state index >= 15 is 0 Å². The van der Waals surface area contributed by atoms with E-state index in [2.05, 4.69) is 5.32 Å². The van der Waals surface area contributed by atoms with Gasteiger partial charge in [-0.1, -0.05) is 0 Å². The molecule has 0 heterocycles. The van der Waals surface area contributed by atoms with Gasteiger partial charge in [-0.25, -0.2) is 8.78 Å². The van der Waals surface area contributed by atoms with Crippen LogP contribution in [0.1, 0.15) is 12.0 Å². The van der Waals surface area contributed by atoms with Crippen LogP contribution in [-0.2, 0) is 4.79 Å². The van der Waals surface area contributed by atoms with Crippen LogP contribution in [-0.4, -0.2) is 11.8 Å². The van der Waals surface area contributed by atoms with Crippen LogP contribution in [0.2, 0.25) is 0 Å². The predicted molar refractivity (Wildman–Crippen MR) is 55.1 cm³/mol. The molecule has 0 fully saturated rings. The van der Waals surface area contributed by atoms with Gasteiger partial charge in [0.1, 0.15) is 11.6 Å². The molecule has 2 nitrogen and oxygen atoms in total. The summed E-state index contributed by atoms with van der Waals surface area (Å²) in [5.41, 5.74) is 0.0380. The summed E-state index contributed by atoms with van der Waals surface area (Å²) in [6.45, 7) is 1.45. The summed E-state index contributed by atoms with van der Waals surface area (Å²) < 4.78 is 26.3. The van der Waals surface area contributed by atoms with Gasteiger partial charge in [0.15, 0.2) is 0 Å². The maximum atomic E-state index is 13.2. The third kappa shape index (κ3) is 3.16. The van der Waals surface area contributed by atoms with Gasteiger partial charge in [-0.05, 0) is 18.6 Å². The molecule has 0 spiro atoms. The number of carbonyl (C=O) groups is 1. The van der Waals surface area contributed by atoms with Gasteiger partial charge in [-0.3, -0.25) is 4.79 Å². The van der Waals surface area contributed by atoms with Gasteiger partial charge in [0, 0.05) is 18.4 Å². The number of halogens is 3. The first-order chi connectivity index (χ1) is 7.04. The number of hydrogen-bond acceptors (Lipinski definition) is 1. The van der Waals surface area contributed by atoms with Crippen molar-refractivity contribution in [3.8, 4) is 0 Å². The smallest absolute Gasteiger partial charge is 0.225 e. The van der Waals surface area contributed by atoms with Gasteiger partial charge >= 0.3 is 0 Å². The molecular weight excluding hydrogens is 224 g/mol. The van der Waals surface area contributed by atoms with E-state index in [0.29, 0.717) is 0 Å². The lowest BCUT2D eigenvalue weighted by molar-refractivity contribution is -0.115. The van der Waals surface area contributed by atoms with E-state index in [1.165, 1.54) is 6.92 Å². The molecule has 15 heavy (non-hydrogen) atoms. The lowest BCUT2D eigenvalue weighted by Gasteiger charge is -2.06. The maximum Gasteiger partial charge on any atom is 0.225 e. The fourth-order valence-corrected chi connectivity index (χ4v) is 1.21. The lowest BCUT2D eigenvalue weighted by atomic mass is 10.2. The van der Waals surface area contributed by atoms with Crippen LogP contribution in [0.4, 0.5) is 14.5 Å². The van der Waals surface area contributed by atoms with Crippen molar-refractivity contribution in [2.75, 3.05) is 11.2 Å². The Balaban J connectivity index is 2.86. The van der Waals surface area contributed by atoms with E-state index in [0.717, 1.165) is 12.1 Å². The molecule has 82 valence electrons. The van der Waals surface area contributed by atoms with Crippen LogP contribution in [0.3, 0.4) is 0 Å². The highest BCUT2D eigenvalue weighted by atomic mass is 35.5. The van der Waals surface area contributed by atoms with E-state index in [1.807, 2.05) is 0 Å². The maximum absolute atomic E-state index is 13.2. The van der Waals surface area contributed by atoms with Crippen molar-refractivity contribution in [1.82, 2.24) is 0 Å². The highest BCUT2D eigenvalue weighted by molar-refractivity contribution is 6.19. The normalized spacial score (nSPS) is 10.1. The number of alkyl halides is 1. The molecule has 1 aromatic rings. The molecule has 0 unspecified atom stereocenters. The van der Waals surface area contributed by atoms with E-state index in [4.69, 9.17) is 11.6 Å². The zero-order valence-electron chi connectivity index (χ0n) is 8.11. The third-order valence-electron chi connectivity index (χ3n) is 1.84. The number of aryl methyl sites for hydroxylation is 1. The predicted octanol–water partition coefficient (Wildman–Crippen LogP) is 2.84. The number of hydrogen-bond donors (Lipinski definition) is 1. The van der Waals surface area contributed by atoms with Gasteiger partial charge < -0.3 is 5.32 Å². The Hall–Kier alpha value is -1.16. The number of anilines is 1. The molecule has 0 atom stereocenters.